The van der Waals surface area contributed by atoms with Crippen molar-refractivity contribution in [2.75, 3.05) is 13.2 Å². The third-order valence-electron chi connectivity index (χ3n) is 0.926. The number of carbonyl (C=O) groups is 3. The van der Waals surface area contributed by atoms with Gasteiger partial charge in [-0.05, 0) is 19.9 Å². The second-order valence-electron chi connectivity index (χ2n) is 2.99. The molecular weight excluding hydrogens is 268 g/mol. The fourth-order valence-electron chi connectivity index (χ4n) is 0. The molecular formula is C13H22O7. The topological polar surface area (TPSA) is 132 Å². The number of carboxylic acids is 2. The van der Waals surface area contributed by atoms with E-state index < -0.39 is 11.9 Å². The van der Waals surface area contributed by atoms with Gasteiger partial charge >= 0.3 is 11.9 Å². The molecule has 0 saturated carbocycles. The summed E-state index contributed by atoms with van der Waals surface area (Å²) in [7, 11) is 0. The Hall–Kier alpha value is -2.25. The first kappa shape index (κ1) is 26.3. The summed E-state index contributed by atoms with van der Waals surface area (Å²) in [6.45, 7) is 12.1. The van der Waals surface area contributed by atoms with Crippen LogP contribution in [0.3, 0.4) is 0 Å². The normalized spacial score (nSPS) is 7.00. The van der Waals surface area contributed by atoms with Crippen molar-refractivity contribution in [1.29, 1.82) is 0 Å². The van der Waals surface area contributed by atoms with Crippen LogP contribution in [0.2, 0.25) is 0 Å². The number of carbonyl (C=O) groups excluding carboxylic acids is 1. The number of aliphatic hydroxyl groups excluding tert-OH is 2. The minimum atomic E-state index is -0.935. The van der Waals surface area contributed by atoms with E-state index in [1.54, 1.807) is 0 Å². The molecule has 0 radical (unpaired) electrons. The zero-order chi connectivity index (χ0) is 17.1. The number of allylic oxidation sites excluding steroid dienone is 1. The van der Waals surface area contributed by atoms with Crippen LogP contribution >= 0.6 is 0 Å². The van der Waals surface area contributed by atoms with E-state index in [2.05, 4.69) is 19.7 Å². The number of rotatable bonds is 4. The lowest BCUT2D eigenvalue weighted by Gasteiger charge is -1.79. The molecule has 0 heterocycles. The Morgan fingerprint density at radius 3 is 1.10 bits per heavy atom. The van der Waals surface area contributed by atoms with Crippen molar-refractivity contribution in [3.63, 3.8) is 0 Å². The quantitative estimate of drug-likeness (QED) is 0.441. The van der Waals surface area contributed by atoms with Crippen LogP contribution in [0.15, 0.2) is 37.0 Å². The molecule has 0 spiro atoms. The Bertz CT molecular complexity index is 263. The Labute approximate surface area is 118 Å². The van der Waals surface area contributed by atoms with Gasteiger partial charge in [0.15, 0.2) is 0 Å². The van der Waals surface area contributed by atoms with E-state index in [4.69, 9.17) is 25.2 Å². The van der Waals surface area contributed by atoms with Crippen molar-refractivity contribution in [2.45, 2.75) is 13.8 Å². The highest BCUT2D eigenvalue weighted by Crippen LogP contribution is 1.81. The summed E-state index contributed by atoms with van der Waals surface area (Å²) in [6, 6.07) is 0. The third kappa shape index (κ3) is 57.1. The molecule has 0 aromatic rings. The first-order valence-electron chi connectivity index (χ1n) is 5.17. The van der Waals surface area contributed by atoms with Gasteiger partial charge in [-0.25, -0.2) is 9.59 Å². The molecule has 0 aliphatic heterocycles. The highest BCUT2D eigenvalue weighted by Gasteiger charge is 1.90. The molecule has 116 valence electrons. The van der Waals surface area contributed by atoms with E-state index in [9.17, 15) is 9.59 Å². The standard InChI is InChI=1S/2C4H6O2.C3H4O.C2H6O2/c2*1-3(2)4(5)6;1-2-3-4;3-1-2-4/h2*1H2,2H3,(H,5,6);2-3H,1H2;3-4H,1-2H2. The number of aliphatic carboxylic acids is 2. The molecule has 0 rings (SSSR count). The Morgan fingerprint density at radius 2 is 1.10 bits per heavy atom. The van der Waals surface area contributed by atoms with Crippen LogP contribution in [0.4, 0.5) is 0 Å². The summed E-state index contributed by atoms with van der Waals surface area (Å²) in [4.78, 5) is 28.3. The Morgan fingerprint density at radius 1 is 0.950 bits per heavy atom. The lowest BCUT2D eigenvalue weighted by molar-refractivity contribution is -0.133. The highest BCUT2D eigenvalue weighted by atomic mass is 16.4. The van der Waals surface area contributed by atoms with Gasteiger partial charge in [-0.1, -0.05) is 19.7 Å². The van der Waals surface area contributed by atoms with E-state index in [0.29, 0.717) is 6.29 Å². The van der Waals surface area contributed by atoms with Gasteiger partial charge in [0.05, 0.1) is 13.2 Å². The van der Waals surface area contributed by atoms with Crippen LogP contribution in [0.1, 0.15) is 13.8 Å². The lowest BCUT2D eigenvalue weighted by Crippen LogP contribution is -1.92. The Kier molecular flexibility index (Phi) is 28.9. The fraction of sp³-hybridized carbons (Fsp3) is 0.308. The largest absolute Gasteiger partial charge is 0.478 e. The molecule has 0 aliphatic carbocycles. The number of aldehydes is 1. The van der Waals surface area contributed by atoms with Gasteiger partial charge in [0.25, 0.3) is 0 Å². The van der Waals surface area contributed by atoms with Gasteiger partial charge in [-0.2, -0.15) is 0 Å². The molecule has 0 fully saturated rings. The molecule has 7 nitrogen and oxygen atoms in total. The van der Waals surface area contributed by atoms with E-state index in [0.717, 1.165) is 0 Å². The average Bonchev–Trinajstić information content (AvgIpc) is 2.39. The van der Waals surface area contributed by atoms with Crippen molar-refractivity contribution in [3.8, 4) is 0 Å². The smallest absolute Gasteiger partial charge is 0.330 e. The van der Waals surface area contributed by atoms with Crippen LogP contribution < -0.4 is 0 Å². The zero-order valence-electron chi connectivity index (χ0n) is 11.7. The molecule has 0 amide bonds. The first-order valence-corrected chi connectivity index (χ1v) is 5.17. The van der Waals surface area contributed by atoms with Gasteiger partial charge < -0.3 is 20.4 Å². The first-order chi connectivity index (χ1) is 9.11. The SMILES string of the molecule is C=C(C)C(=O)O.C=C(C)C(=O)O.C=CC=O.OCCO. The lowest BCUT2D eigenvalue weighted by atomic mass is 10.4. The van der Waals surface area contributed by atoms with Gasteiger partial charge in [-0.3, -0.25) is 4.79 Å². The summed E-state index contributed by atoms with van der Waals surface area (Å²) in [5, 5.41) is 31.0. The fourth-order valence-corrected chi connectivity index (χ4v) is 0. The minimum Gasteiger partial charge on any atom is -0.478 e. The predicted octanol–water partition coefficient (Wildman–Crippen LogP) is 0.636. The zero-order valence-corrected chi connectivity index (χ0v) is 11.7. The third-order valence-corrected chi connectivity index (χ3v) is 0.926. The highest BCUT2D eigenvalue weighted by molar-refractivity contribution is 5.85. The number of carboxylic acid groups (broad SMARTS) is 2. The number of hydrogen-bond acceptors (Lipinski definition) is 5. The molecule has 0 saturated heterocycles. The van der Waals surface area contributed by atoms with Crippen molar-refractivity contribution in [3.05, 3.63) is 37.0 Å². The van der Waals surface area contributed by atoms with Crippen molar-refractivity contribution >= 4 is 18.2 Å². The van der Waals surface area contributed by atoms with Gasteiger partial charge in [-0.15, -0.1) is 0 Å². The molecule has 0 unspecified atom stereocenters. The average molecular weight is 290 g/mol. The van der Waals surface area contributed by atoms with E-state index in [1.807, 2.05) is 0 Å². The van der Waals surface area contributed by atoms with Crippen LogP contribution in [0.25, 0.3) is 0 Å². The molecule has 0 atom stereocenters. The van der Waals surface area contributed by atoms with Crippen LogP contribution in [0.5, 0.6) is 0 Å². The van der Waals surface area contributed by atoms with Crippen LogP contribution in [-0.4, -0.2) is 51.9 Å². The van der Waals surface area contributed by atoms with Gasteiger partial charge in [0.2, 0.25) is 0 Å². The summed E-state index contributed by atoms with van der Waals surface area (Å²) in [5.74, 6) is -1.87. The summed E-state index contributed by atoms with van der Waals surface area (Å²) in [5.41, 5.74) is 0.352. The van der Waals surface area contributed by atoms with Crippen LogP contribution in [-0.2, 0) is 14.4 Å². The molecule has 0 bridgehead atoms. The van der Waals surface area contributed by atoms with E-state index in [1.165, 1.54) is 19.9 Å². The van der Waals surface area contributed by atoms with Crippen molar-refractivity contribution in [1.82, 2.24) is 0 Å². The molecule has 0 aromatic heterocycles. The second kappa shape index (κ2) is 22.0. The summed E-state index contributed by atoms with van der Waals surface area (Å²) in [6.07, 6.45) is 1.83. The summed E-state index contributed by atoms with van der Waals surface area (Å²) >= 11 is 0. The molecule has 4 N–H and O–H groups in total. The summed E-state index contributed by atoms with van der Waals surface area (Å²) < 4.78 is 0. The minimum absolute atomic E-state index is 0.125. The van der Waals surface area contributed by atoms with Crippen molar-refractivity contribution in [2.24, 2.45) is 0 Å². The number of hydrogen-bond donors (Lipinski definition) is 4. The molecule has 0 aliphatic rings. The van der Waals surface area contributed by atoms with Gasteiger partial charge in [0.1, 0.15) is 6.29 Å². The molecule has 0 aromatic carbocycles. The van der Waals surface area contributed by atoms with E-state index >= 15 is 0 Å². The van der Waals surface area contributed by atoms with Crippen LogP contribution in [0, 0.1) is 0 Å². The maximum absolute atomic E-state index is 9.60. The van der Waals surface area contributed by atoms with E-state index in [-0.39, 0.29) is 24.4 Å². The monoisotopic (exact) mass is 290 g/mol. The predicted molar refractivity (Wildman–Crippen MR) is 75.3 cm³/mol. The second-order valence-corrected chi connectivity index (χ2v) is 2.99. The maximum atomic E-state index is 9.60. The number of aliphatic hydroxyl groups is 2. The van der Waals surface area contributed by atoms with Gasteiger partial charge in [0, 0.05) is 11.1 Å². The van der Waals surface area contributed by atoms with Crippen molar-refractivity contribution < 1.29 is 34.8 Å². The Balaban J connectivity index is -0.0000000871. The maximum Gasteiger partial charge on any atom is 0.330 e. The molecule has 20 heavy (non-hydrogen) atoms. The molecule has 7 heteroatoms.